The van der Waals surface area contributed by atoms with E-state index in [0.717, 1.165) is 44.1 Å². The highest BCUT2D eigenvalue weighted by atomic mass is 16.6. The van der Waals surface area contributed by atoms with Gasteiger partial charge in [-0.1, -0.05) is 205 Å². The SMILES string of the molecule is CCCCCCCCCCCCCCCCCNC(=O)O[C@H](c1ccccc1)[C@H](C)NC(=O)C(CCCCCC)CCCCCCCC. The Morgan fingerprint density at radius 2 is 0.958 bits per heavy atom. The van der Waals surface area contributed by atoms with Gasteiger partial charge in [-0.2, -0.15) is 0 Å². The third-order valence-electron chi connectivity index (χ3n) is 9.92. The van der Waals surface area contributed by atoms with Crippen molar-refractivity contribution in [2.24, 2.45) is 5.92 Å². The zero-order valence-corrected chi connectivity index (χ0v) is 32.1. The number of rotatable bonds is 33. The maximum absolute atomic E-state index is 13.6. The fourth-order valence-corrected chi connectivity index (χ4v) is 6.76. The molecule has 0 fully saturated rings. The van der Waals surface area contributed by atoms with Crippen molar-refractivity contribution >= 4 is 12.0 Å². The van der Waals surface area contributed by atoms with E-state index in [1.807, 2.05) is 37.3 Å². The molecule has 1 aromatic carbocycles. The molecule has 48 heavy (non-hydrogen) atoms. The maximum atomic E-state index is 13.6. The van der Waals surface area contributed by atoms with Crippen LogP contribution in [0.2, 0.25) is 0 Å². The molecule has 0 aromatic heterocycles. The van der Waals surface area contributed by atoms with E-state index in [2.05, 4.69) is 31.4 Å². The summed E-state index contributed by atoms with van der Waals surface area (Å²) in [6.45, 7) is 9.34. The molecule has 0 bridgehead atoms. The lowest BCUT2D eigenvalue weighted by molar-refractivity contribution is -0.127. The summed E-state index contributed by atoms with van der Waals surface area (Å²) >= 11 is 0. The van der Waals surface area contributed by atoms with Gasteiger partial charge in [0.05, 0.1) is 6.04 Å². The molecule has 0 heterocycles. The number of hydrogen-bond acceptors (Lipinski definition) is 3. The molecule has 0 aliphatic heterocycles. The molecular formula is C43H78N2O3. The first kappa shape index (κ1) is 44.0. The fourth-order valence-electron chi connectivity index (χ4n) is 6.76. The summed E-state index contributed by atoms with van der Waals surface area (Å²) in [5.41, 5.74) is 0.905. The average Bonchev–Trinajstić information content (AvgIpc) is 3.09. The lowest BCUT2D eigenvalue weighted by Crippen LogP contribution is -2.43. The highest BCUT2D eigenvalue weighted by Crippen LogP contribution is 2.24. The number of hydrogen-bond donors (Lipinski definition) is 2. The largest absolute Gasteiger partial charge is 0.439 e. The van der Waals surface area contributed by atoms with Gasteiger partial charge in [-0.15, -0.1) is 0 Å². The Morgan fingerprint density at radius 1 is 0.562 bits per heavy atom. The van der Waals surface area contributed by atoms with Crippen molar-refractivity contribution in [1.82, 2.24) is 10.6 Å². The van der Waals surface area contributed by atoms with Crippen LogP contribution in [0.4, 0.5) is 4.79 Å². The Bertz CT molecular complexity index is 861. The van der Waals surface area contributed by atoms with Gasteiger partial charge in [0.25, 0.3) is 0 Å². The van der Waals surface area contributed by atoms with E-state index in [4.69, 9.17) is 4.74 Å². The Hall–Kier alpha value is -2.04. The first-order chi connectivity index (χ1) is 23.5. The number of benzene rings is 1. The summed E-state index contributed by atoms with van der Waals surface area (Å²) in [5, 5.41) is 6.24. The quantitative estimate of drug-likeness (QED) is 0.0731. The standard InChI is InChI=1S/C43H78N2O3/c1-5-8-11-14-16-17-18-19-20-21-22-23-24-26-32-37-44-43(47)48-41(39-33-30-27-31-34-39)38(4)45-42(46)40(35-28-13-10-7-3)36-29-25-15-12-9-6-2/h27,30-31,33-34,38,40-41H,5-26,28-29,32,35-37H2,1-4H3,(H,44,47)(H,45,46)/t38-,40?,41-/m0/s1. The van der Waals surface area contributed by atoms with E-state index >= 15 is 0 Å². The zero-order chi connectivity index (χ0) is 34.9. The van der Waals surface area contributed by atoms with Crippen molar-refractivity contribution in [1.29, 1.82) is 0 Å². The van der Waals surface area contributed by atoms with Crippen molar-refractivity contribution in [2.75, 3.05) is 6.54 Å². The summed E-state index contributed by atoms with van der Waals surface area (Å²) in [6, 6.07) is 9.53. The van der Waals surface area contributed by atoms with Gasteiger partial charge >= 0.3 is 6.09 Å². The van der Waals surface area contributed by atoms with E-state index < -0.39 is 12.2 Å². The van der Waals surface area contributed by atoms with Crippen LogP contribution < -0.4 is 10.6 Å². The normalized spacial score (nSPS) is 13.2. The second-order valence-electron chi connectivity index (χ2n) is 14.5. The molecule has 5 nitrogen and oxygen atoms in total. The molecule has 0 saturated heterocycles. The van der Waals surface area contributed by atoms with Crippen LogP contribution in [0.15, 0.2) is 30.3 Å². The van der Waals surface area contributed by atoms with E-state index in [0.29, 0.717) is 6.54 Å². The van der Waals surface area contributed by atoms with Crippen LogP contribution in [0.1, 0.15) is 213 Å². The number of alkyl carbamates (subject to hydrolysis) is 1. The Labute approximate surface area is 297 Å². The molecular weight excluding hydrogens is 592 g/mol. The molecule has 1 unspecified atom stereocenters. The average molecular weight is 671 g/mol. The Kier molecular flexibility index (Phi) is 29.5. The molecule has 2 amide bonds. The van der Waals surface area contributed by atoms with E-state index in [9.17, 15) is 9.59 Å². The van der Waals surface area contributed by atoms with Gasteiger partial charge in [0.15, 0.2) is 0 Å². The van der Waals surface area contributed by atoms with Crippen molar-refractivity contribution in [3.8, 4) is 0 Å². The van der Waals surface area contributed by atoms with Gasteiger partial charge < -0.3 is 15.4 Å². The third-order valence-corrected chi connectivity index (χ3v) is 9.92. The molecule has 2 N–H and O–H groups in total. The number of ether oxygens (including phenoxy) is 1. The van der Waals surface area contributed by atoms with Crippen LogP contribution in [0.5, 0.6) is 0 Å². The molecule has 0 aliphatic rings. The third kappa shape index (κ3) is 24.2. The predicted octanol–water partition coefficient (Wildman–Crippen LogP) is 13.2. The number of carbonyl (C=O) groups is 2. The van der Waals surface area contributed by atoms with E-state index in [-0.39, 0.29) is 17.9 Å². The summed E-state index contributed by atoms with van der Waals surface area (Å²) in [5.74, 6) is 0.126. The monoisotopic (exact) mass is 671 g/mol. The Balaban J connectivity index is 2.42. The van der Waals surface area contributed by atoms with Crippen LogP contribution in [0.25, 0.3) is 0 Å². The lowest BCUT2D eigenvalue weighted by Gasteiger charge is -2.27. The topological polar surface area (TPSA) is 67.4 Å². The summed E-state index contributed by atoms with van der Waals surface area (Å²) in [7, 11) is 0. The van der Waals surface area contributed by atoms with Gasteiger partial charge in [-0.25, -0.2) is 4.79 Å². The van der Waals surface area contributed by atoms with Crippen molar-refractivity contribution in [3.63, 3.8) is 0 Å². The zero-order valence-electron chi connectivity index (χ0n) is 32.1. The number of carbonyl (C=O) groups excluding carboxylic acids is 2. The minimum Gasteiger partial charge on any atom is -0.439 e. The number of unbranched alkanes of at least 4 members (excludes halogenated alkanes) is 22. The highest BCUT2D eigenvalue weighted by molar-refractivity contribution is 5.79. The van der Waals surface area contributed by atoms with Crippen molar-refractivity contribution in [3.05, 3.63) is 35.9 Å². The lowest BCUT2D eigenvalue weighted by atomic mass is 9.92. The van der Waals surface area contributed by atoms with E-state index in [1.54, 1.807) is 0 Å². The van der Waals surface area contributed by atoms with Crippen LogP contribution in [0.3, 0.4) is 0 Å². The molecule has 0 radical (unpaired) electrons. The second kappa shape index (κ2) is 32.2. The minimum absolute atomic E-state index is 0.0193. The fraction of sp³-hybridized carbons (Fsp3) is 0.814. The van der Waals surface area contributed by atoms with Crippen LogP contribution in [0, 0.1) is 5.92 Å². The summed E-state index contributed by atoms with van der Waals surface area (Å²) in [6.07, 6.45) is 32.9. The molecule has 278 valence electrons. The van der Waals surface area contributed by atoms with Gasteiger partial charge in [0, 0.05) is 12.5 Å². The molecule has 0 aliphatic carbocycles. The van der Waals surface area contributed by atoms with Gasteiger partial charge in [-0.3, -0.25) is 4.79 Å². The minimum atomic E-state index is -0.536. The van der Waals surface area contributed by atoms with Crippen LogP contribution in [-0.2, 0) is 9.53 Å². The van der Waals surface area contributed by atoms with Gasteiger partial charge in [0.1, 0.15) is 6.10 Å². The molecule has 3 atom stereocenters. The van der Waals surface area contributed by atoms with Crippen LogP contribution in [-0.4, -0.2) is 24.6 Å². The molecule has 1 aromatic rings. The Morgan fingerprint density at radius 3 is 1.42 bits per heavy atom. The number of amides is 2. The first-order valence-electron chi connectivity index (χ1n) is 20.8. The summed E-state index contributed by atoms with van der Waals surface area (Å²) < 4.78 is 5.99. The summed E-state index contributed by atoms with van der Waals surface area (Å²) in [4.78, 5) is 26.5. The second-order valence-corrected chi connectivity index (χ2v) is 14.5. The van der Waals surface area contributed by atoms with Gasteiger partial charge in [-0.05, 0) is 31.7 Å². The first-order valence-corrected chi connectivity index (χ1v) is 20.8. The van der Waals surface area contributed by atoms with Crippen LogP contribution >= 0.6 is 0 Å². The molecule has 0 saturated carbocycles. The van der Waals surface area contributed by atoms with E-state index in [1.165, 1.54) is 135 Å². The maximum Gasteiger partial charge on any atom is 0.407 e. The molecule has 5 heteroatoms. The number of nitrogens with one attached hydrogen (secondary N) is 2. The predicted molar refractivity (Wildman–Crippen MR) is 206 cm³/mol. The molecule has 0 spiro atoms. The van der Waals surface area contributed by atoms with Crippen molar-refractivity contribution < 1.29 is 14.3 Å². The van der Waals surface area contributed by atoms with Crippen molar-refractivity contribution in [2.45, 2.75) is 213 Å². The highest BCUT2D eigenvalue weighted by Gasteiger charge is 2.27. The molecule has 1 rings (SSSR count). The van der Waals surface area contributed by atoms with Gasteiger partial charge in [0.2, 0.25) is 5.91 Å². The smallest absolute Gasteiger partial charge is 0.407 e.